The highest BCUT2D eigenvalue weighted by molar-refractivity contribution is 6.31. The number of nitrogens with zero attached hydrogens (tertiary/aromatic N) is 3. The summed E-state index contributed by atoms with van der Waals surface area (Å²) in [5, 5.41) is 4.95. The lowest BCUT2D eigenvalue weighted by atomic mass is 10.1. The van der Waals surface area contributed by atoms with Crippen LogP contribution in [0.15, 0.2) is 60.9 Å². The van der Waals surface area contributed by atoms with Crippen molar-refractivity contribution in [3.63, 3.8) is 0 Å². The largest absolute Gasteiger partial charge is 0.491 e. The summed E-state index contributed by atoms with van der Waals surface area (Å²) < 4.78 is 33.2. The molecule has 0 saturated heterocycles. The number of aromatic nitrogens is 3. The van der Waals surface area contributed by atoms with Gasteiger partial charge < -0.3 is 38.7 Å². The van der Waals surface area contributed by atoms with Crippen molar-refractivity contribution in [1.82, 2.24) is 19.9 Å². The lowest BCUT2D eigenvalue weighted by Crippen LogP contribution is -2.45. The van der Waals surface area contributed by atoms with Gasteiger partial charge in [-0.05, 0) is 89.1 Å². The first kappa shape index (κ1) is 39.4. The molecule has 0 fully saturated rings. The quantitative estimate of drug-likeness (QED) is 0.104. The van der Waals surface area contributed by atoms with Crippen LogP contribution >= 0.6 is 11.6 Å². The summed E-state index contributed by atoms with van der Waals surface area (Å²) in [6.45, 7) is 13.2. The van der Waals surface area contributed by atoms with Gasteiger partial charge >= 0.3 is 12.2 Å². The molecule has 0 radical (unpaired) electrons. The predicted octanol–water partition coefficient (Wildman–Crippen LogP) is 7.49. The number of anilines is 1. The molecule has 13 nitrogen and oxygen atoms in total. The van der Waals surface area contributed by atoms with Gasteiger partial charge in [-0.25, -0.2) is 24.5 Å². The molecule has 276 valence electrons. The van der Waals surface area contributed by atoms with E-state index in [-0.39, 0.29) is 19.8 Å². The lowest BCUT2D eigenvalue weighted by molar-refractivity contribution is -0.0118. The number of halogens is 1. The standard InChI is InChI=1S/C37H48ClN5O8/c1-36(2,3)50-34(44)43(35(45)51-37(4,5)6)15-16-46-17-18-47-19-20-48-21-22-49-28-13-11-26(12-14-28)31-23-29-32(40-25-41-33(29)42-31)39-24-27-9-7-8-10-30(27)38/h7-14,23,25H,15-22,24H2,1-6H3,(H2,39,40,41,42). The molecule has 4 rings (SSSR count). The van der Waals surface area contributed by atoms with Crippen LogP contribution in [0, 0.1) is 0 Å². The molecule has 2 heterocycles. The number of rotatable bonds is 17. The van der Waals surface area contributed by atoms with E-state index < -0.39 is 23.4 Å². The van der Waals surface area contributed by atoms with Crippen LogP contribution in [0.1, 0.15) is 47.1 Å². The summed E-state index contributed by atoms with van der Waals surface area (Å²) >= 11 is 6.31. The van der Waals surface area contributed by atoms with Crippen molar-refractivity contribution in [1.29, 1.82) is 0 Å². The molecule has 2 N–H and O–H groups in total. The molecule has 0 saturated carbocycles. The molecule has 0 aliphatic carbocycles. The third kappa shape index (κ3) is 13.3. The van der Waals surface area contributed by atoms with Crippen LogP contribution in [0.5, 0.6) is 5.75 Å². The highest BCUT2D eigenvalue weighted by Crippen LogP contribution is 2.28. The second-order valence-electron chi connectivity index (χ2n) is 13.4. The van der Waals surface area contributed by atoms with Gasteiger partial charge in [0, 0.05) is 17.3 Å². The van der Waals surface area contributed by atoms with E-state index in [2.05, 4.69) is 20.3 Å². The van der Waals surface area contributed by atoms with Crippen molar-refractivity contribution >= 4 is 40.6 Å². The topological polar surface area (TPSA) is 146 Å². The maximum Gasteiger partial charge on any atom is 0.419 e. The number of H-pyrrole nitrogens is 1. The Balaban J connectivity index is 1.09. The Labute approximate surface area is 303 Å². The zero-order valence-corrected chi connectivity index (χ0v) is 30.9. The van der Waals surface area contributed by atoms with Crippen LogP contribution in [-0.2, 0) is 30.2 Å². The molecule has 0 unspecified atom stereocenters. The molecule has 0 aliphatic heterocycles. The number of fused-ring (bicyclic) bond motifs is 1. The predicted molar refractivity (Wildman–Crippen MR) is 195 cm³/mol. The van der Waals surface area contributed by atoms with Gasteiger partial charge in [-0.3, -0.25) is 0 Å². The first-order valence-corrected chi connectivity index (χ1v) is 17.2. The fraction of sp³-hybridized carbons (Fsp3) is 0.459. The maximum atomic E-state index is 12.5. The summed E-state index contributed by atoms with van der Waals surface area (Å²) in [6, 6.07) is 17.5. The molecule has 2 aromatic heterocycles. The van der Waals surface area contributed by atoms with E-state index in [4.69, 9.17) is 40.0 Å². The number of benzene rings is 2. The van der Waals surface area contributed by atoms with E-state index >= 15 is 0 Å². The second-order valence-corrected chi connectivity index (χ2v) is 13.8. The number of hydrogen-bond acceptors (Lipinski definition) is 11. The summed E-state index contributed by atoms with van der Waals surface area (Å²) in [5.41, 5.74) is 2.10. The number of carbonyl (C=O) groups excluding carboxylic acids is 2. The van der Waals surface area contributed by atoms with E-state index in [1.165, 1.54) is 6.33 Å². The van der Waals surface area contributed by atoms with Crippen molar-refractivity contribution in [2.75, 3.05) is 58.1 Å². The number of aromatic amines is 1. The van der Waals surface area contributed by atoms with Crippen LogP contribution in [0.2, 0.25) is 5.02 Å². The van der Waals surface area contributed by atoms with Gasteiger partial charge in [0.2, 0.25) is 0 Å². The van der Waals surface area contributed by atoms with Gasteiger partial charge in [0.05, 0.1) is 51.6 Å². The molecule has 0 aliphatic rings. The molecular weight excluding hydrogens is 678 g/mol. The third-order valence-corrected chi connectivity index (χ3v) is 7.29. The lowest BCUT2D eigenvalue weighted by Gasteiger charge is -2.28. The molecule has 2 aromatic carbocycles. The average Bonchev–Trinajstić information content (AvgIpc) is 3.50. The van der Waals surface area contributed by atoms with Crippen LogP contribution < -0.4 is 10.1 Å². The van der Waals surface area contributed by atoms with Gasteiger partial charge in [0.25, 0.3) is 0 Å². The third-order valence-electron chi connectivity index (χ3n) is 6.92. The van der Waals surface area contributed by atoms with Gasteiger partial charge in [-0.1, -0.05) is 29.8 Å². The normalized spacial score (nSPS) is 11.7. The first-order chi connectivity index (χ1) is 24.3. The summed E-state index contributed by atoms with van der Waals surface area (Å²) in [4.78, 5) is 38.1. The van der Waals surface area contributed by atoms with Crippen molar-refractivity contribution in [3.8, 4) is 17.0 Å². The smallest absolute Gasteiger partial charge is 0.419 e. The number of imide groups is 1. The summed E-state index contributed by atoms with van der Waals surface area (Å²) in [7, 11) is 0. The molecule has 2 amide bonds. The van der Waals surface area contributed by atoms with Gasteiger partial charge in [-0.2, -0.15) is 0 Å². The molecule has 0 spiro atoms. The Hall–Kier alpha value is -4.43. The molecule has 14 heteroatoms. The Morgan fingerprint density at radius 3 is 1.98 bits per heavy atom. The van der Waals surface area contributed by atoms with Crippen LogP contribution in [0.3, 0.4) is 0 Å². The Bertz CT molecular complexity index is 1670. The van der Waals surface area contributed by atoms with Crippen molar-refractivity contribution < 1.29 is 38.0 Å². The van der Waals surface area contributed by atoms with E-state index in [1.54, 1.807) is 41.5 Å². The zero-order chi connectivity index (χ0) is 36.9. The van der Waals surface area contributed by atoms with Crippen molar-refractivity contribution in [2.24, 2.45) is 0 Å². The Morgan fingerprint density at radius 2 is 1.37 bits per heavy atom. The molecule has 0 bridgehead atoms. The fourth-order valence-electron chi connectivity index (χ4n) is 4.60. The maximum absolute atomic E-state index is 12.5. The molecule has 4 aromatic rings. The van der Waals surface area contributed by atoms with Gasteiger partial charge in [0.1, 0.15) is 41.4 Å². The zero-order valence-electron chi connectivity index (χ0n) is 30.1. The van der Waals surface area contributed by atoms with Gasteiger partial charge in [0.15, 0.2) is 0 Å². The minimum absolute atomic E-state index is 0.0155. The van der Waals surface area contributed by atoms with E-state index in [0.29, 0.717) is 44.6 Å². The number of carbonyl (C=O) groups is 2. The highest BCUT2D eigenvalue weighted by atomic mass is 35.5. The second kappa shape index (κ2) is 18.7. The number of nitrogens with one attached hydrogen (secondary N) is 2. The van der Waals surface area contributed by atoms with Crippen molar-refractivity contribution in [2.45, 2.75) is 59.3 Å². The first-order valence-electron chi connectivity index (χ1n) is 16.8. The van der Waals surface area contributed by atoms with Gasteiger partial charge in [-0.15, -0.1) is 0 Å². The van der Waals surface area contributed by atoms with E-state index in [9.17, 15) is 9.59 Å². The summed E-state index contributed by atoms with van der Waals surface area (Å²) in [6.07, 6.45) is -0.0474. The monoisotopic (exact) mass is 725 g/mol. The minimum atomic E-state index is -0.787. The fourth-order valence-corrected chi connectivity index (χ4v) is 4.80. The Morgan fingerprint density at radius 1 is 0.784 bits per heavy atom. The number of ether oxygens (including phenoxy) is 6. The van der Waals surface area contributed by atoms with E-state index in [0.717, 1.165) is 44.3 Å². The number of hydrogen-bond donors (Lipinski definition) is 2. The SMILES string of the molecule is CC(C)(C)OC(=O)N(CCOCCOCCOCCOc1ccc(-c2cc3c(NCc4ccccc4Cl)ncnc3[nH]2)cc1)C(=O)OC(C)(C)C. The van der Waals surface area contributed by atoms with Crippen LogP contribution in [0.4, 0.5) is 15.4 Å². The molecule has 0 atom stereocenters. The molecular formula is C37H48ClN5O8. The minimum Gasteiger partial charge on any atom is -0.491 e. The van der Waals surface area contributed by atoms with Crippen molar-refractivity contribution in [3.05, 3.63) is 71.5 Å². The Kier molecular flexibility index (Phi) is 14.4. The van der Waals surface area contributed by atoms with Crippen LogP contribution in [0.25, 0.3) is 22.3 Å². The average molecular weight is 726 g/mol. The number of amides is 2. The molecule has 51 heavy (non-hydrogen) atoms. The van der Waals surface area contributed by atoms with Crippen LogP contribution in [-0.4, -0.2) is 96.0 Å². The highest BCUT2D eigenvalue weighted by Gasteiger charge is 2.30. The summed E-state index contributed by atoms with van der Waals surface area (Å²) in [5.74, 6) is 1.45. The van der Waals surface area contributed by atoms with E-state index in [1.807, 2.05) is 54.6 Å².